The van der Waals surface area contributed by atoms with E-state index in [0.717, 1.165) is 17.9 Å². The Morgan fingerprint density at radius 2 is 2.22 bits per heavy atom. The third-order valence-electron chi connectivity index (χ3n) is 2.46. The fourth-order valence-electron chi connectivity index (χ4n) is 1.53. The molecular formula is C13H19FN2OS. The first-order valence-electron chi connectivity index (χ1n) is 5.97. The lowest BCUT2D eigenvalue weighted by Gasteiger charge is -2.13. The second kappa shape index (κ2) is 7.26. The molecule has 5 heteroatoms. The second-order valence-corrected chi connectivity index (χ2v) is 5.53. The lowest BCUT2D eigenvalue weighted by molar-refractivity contribution is 0.0939. The monoisotopic (exact) mass is 270 g/mol. The topological polar surface area (TPSA) is 55.1 Å². The molecule has 1 amide bonds. The Morgan fingerprint density at radius 1 is 1.50 bits per heavy atom. The van der Waals surface area contributed by atoms with Crippen LogP contribution < -0.4 is 11.1 Å². The smallest absolute Gasteiger partial charge is 0.251 e. The number of halogens is 1. The molecule has 0 aliphatic heterocycles. The predicted octanol–water partition coefficient (Wildman–Crippen LogP) is 2.67. The van der Waals surface area contributed by atoms with E-state index in [-0.39, 0.29) is 23.2 Å². The van der Waals surface area contributed by atoms with Crippen molar-refractivity contribution in [3.8, 4) is 0 Å². The van der Waals surface area contributed by atoms with Crippen molar-refractivity contribution in [1.29, 1.82) is 0 Å². The van der Waals surface area contributed by atoms with E-state index < -0.39 is 5.82 Å². The Kier molecular flexibility index (Phi) is 5.98. The van der Waals surface area contributed by atoms with E-state index in [0.29, 0.717) is 0 Å². The Bertz CT molecular complexity index is 392. The molecular weight excluding hydrogens is 251 g/mol. The first kappa shape index (κ1) is 14.8. The van der Waals surface area contributed by atoms with Crippen molar-refractivity contribution >= 4 is 23.4 Å². The minimum absolute atomic E-state index is 0.0704. The van der Waals surface area contributed by atoms with E-state index in [9.17, 15) is 9.18 Å². The van der Waals surface area contributed by atoms with Crippen LogP contribution >= 0.6 is 11.8 Å². The van der Waals surface area contributed by atoms with Crippen LogP contribution in [0.2, 0.25) is 0 Å². The van der Waals surface area contributed by atoms with E-state index in [2.05, 4.69) is 12.2 Å². The molecule has 0 heterocycles. The summed E-state index contributed by atoms with van der Waals surface area (Å²) < 4.78 is 13.1. The molecule has 0 radical (unpaired) electrons. The van der Waals surface area contributed by atoms with Crippen LogP contribution in [0.15, 0.2) is 18.2 Å². The number of rotatable bonds is 6. The lowest BCUT2D eigenvalue weighted by Crippen LogP contribution is -2.33. The molecule has 1 atom stereocenters. The van der Waals surface area contributed by atoms with E-state index in [1.807, 2.05) is 18.7 Å². The first-order chi connectivity index (χ1) is 8.52. The highest BCUT2D eigenvalue weighted by atomic mass is 32.2. The maximum atomic E-state index is 13.1. The molecule has 0 aromatic heterocycles. The van der Waals surface area contributed by atoms with Crippen LogP contribution in [-0.2, 0) is 0 Å². The van der Waals surface area contributed by atoms with Crippen LogP contribution in [0.5, 0.6) is 0 Å². The highest BCUT2D eigenvalue weighted by molar-refractivity contribution is 7.99. The summed E-state index contributed by atoms with van der Waals surface area (Å²) in [5, 5.41) is 2.84. The summed E-state index contributed by atoms with van der Waals surface area (Å²) >= 11 is 1.83. The van der Waals surface area contributed by atoms with Crippen molar-refractivity contribution in [1.82, 2.24) is 5.32 Å². The first-order valence-corrected chi connectivity index (χ1v) is 7.13. The molecule has 1 rings (SSSR count). The average Bonchev–Trinajstić information content (AvgIpc) is 2.28. The van der Waals surface area contributed by atoms with Gasteiger partial charge in [-0.1, -0.05) is 6.92 Å². The molecule has 0 aliphatic rings. The van der Waals surface area contributed by atoms with Gasteiger partial charge in [-0.05, 0) is 43.0 Å². The number of benzene rings is 1. The van der Waals surface area contributed by atoms with Gasteiger partial charge in [0.2, 0.25) is 0 Å². The quantitative estimate of drug-likeness (QED) is 0.617. The molecule has 0 aliphatic carbocycles. The number of carbonyl (C=O) groups excluding carboxylic acids is 1. The summed E-state index contributed by atoms with van der Waals surface area (Å²) in [7, 11) is 0. The number of hydrogen-bond donors (Lipinski definition) is 2. The van der Waals surface area contributed by atoms with Crippen LogP contribution in [-0.4, -0.2) is 23.5 Å². The largest absolute Gasteiger partial charge is 0.399 e. The van der Waals surface area contributed by atoms with Crippen LogP contribution in [0.3, 0.4) is 0 Å². The SMILES string of the molecule is CCSCCC(C)NC(=O)c1cc(N)cc(F)c1. The zero-order valence-electron chi connectivity index (χ0n) is 10.7. The van der Waals surface area contributed by atoms with Crippen molar-refractivity contribution in [2.45, 2.75) is 26.3 Å². The number of anilines is 1. The molecule has 0 fully saturated rings. The van der Waals surface area contributed by atoms with Gasteiger partial charge in [0.1, 0.15) is 5.82 Å². The molecule has 3 nitrogen and oxygen atoms in total. The van der Waals surface area contributed by atoms with E-state index in [4.69, 9.17) is 5.73 Å². The van der Waals surface area contributed by atoms with Gasteiger partial charge in [0.15, 0.2) is 0 Å². The van der Waals surface area contributed by atoms with Gasteiger partial charge in [-0.15, -0.1) is 0 Å². The molecule has 3 N–H and O–H groups in total. The molecule has 0 saturated heterocycles. The molecule has 0 saturated carbocycles. The van der Waals surface area contributed by atoms with E-state index in [1.165, 1.54) is 18.2 Å². The van der Waals surface area contributed by atoms with Crippen molar-refractivity contribution in [2.24, 2.45) is 0 Å². The molecule has 0 spiro atoms. The number of nitrogens with one attached hydrogen (secondary N) is 1. The van der Waals surface area contributed by atoms with Crippen molar-refractivity contribution in [3.63, 3.8) is 0 Å². The standard InChI is InChI=1S/C13H19FN2OS/c1-3-18-5-4-9(2)16-13(17)10-6-11(14)8-12(15)7-10/h6-9H,3-5,15H2,1-2H3,(H,16,17). The van der Waals surface area contributed by atoms with E-state index >= 15 is 0 Å². The summed E-state index contributed by atoms with van der Waals surface area (Å²) in [4.78, 5) is 11.9. The van der Waals surface area contributed by atoms with Gasteiger partial charge >= 0.3 is 0 Å². The number of thioether (sulfide) groups is 1. The van der Waals surface area contributed by atoms with Gasteiger partial charge in [0, 0.05) is 17.3 Å². The number of nitrogen functional groups attached to an aromatic ring is 1. The summed E-state index contributed by atoms with van der Waals surface area (Å²) in [6.07, 6.45) is 0.898. The highest BCUT2D eigenvalue weighted by Crippen LogP contribution is 2.11. The Labute approximate surface area is 111 Å². The minimum atomic E-state index is -0.491. The predicted molar refractivity (Wildman–Crippen MR) is 75.4 cm³/mol. The molecule has 1 aromatic rings. The summed E-state index contributed by atoms with van der Waals surface area (Å²) in [6.45, 7) is 4.04. The number of carbonyl (C=O) groups is 1. The van der Waals surface area contributed by atoms with Crippen LogP contribution in [0.4, 0.5) is 10.1 Å². The van der Waals surface area contributed by atoms with Crippen LogP contribution in [0.1, 0.15) is 30.6 Å². The summed E-state index contributed by atoms with van der Waals surface area (Å²) in [5.74, 6) is 1.30. The third kappa shape index (κ3) is 4.96. The molecule has 0 bridgehead atoms. The van der Waals surface area contributed by atoms with Gasteiger partial charge < -0.3 is 11.1 Å². The van der Waals surface area contributed by atoms with Crippen molar-refractivity contribution in [2.75, 3.05) is 17.2 Å². The van der Waals surface area contributed by atoms with Crippen molar-refractivity contribution in [3.05, 3.63) is 29.6 Å². The zero-order valence-corrected chi connectivity index (χ0v) is 11.5. The van der Waals surface area contributed by atoms with Gasteiger partial charge in [-0.3, -0.25) is 4.79 Å². The van der Waals surface area contributed by atoms with Gasteiger partial charge in [-0.2, -0.15) is 11.8 Å². The van der Waals surface area contributed by atoms with E-state index in [1.54, 1.807) is 0 Å². The Morgan fingerprint density at radius 3 is 2.83 bits per heavy atom. The Balaban J connectivity index is 2.54. The number of hydrogen-bond acceptors (Lipinski definition) is 3. The fourth-order valence-corrected chi connectivity index (χ4v) is 2.34. The fraction of sp³-hybridized carbons (Fsp3) is 0.462. The van der Waals surface area contributed by atoms with Gasteiger partial charge in [0.25, 0.3) is 5.91 Å². The van der Waals surface area contributed by atoms with Crippen LogP contribution in [0, 0.1) is 5.82 Å². The molecule has 1 unspecified atom stereocenters. The Hall–Kier alpha value is -1.23. The zero-order chi connectivity index (χ0) is 13.5. The third-order valence-corrected chi connectivity index (χ3v) is 3.39. The van der Waals surface area contributed by atoms with Gasteiger partial charge in [0.05, 0.1) is 0 Å². The highest BCUT2D eigenvalue weighted by Gasteiger charge is 2.11. The molecule has 1 aromatic carbocycles. The summed E-state index contributed by atoms with van der Waals surface area (Å²) in [6, 6.07) is 3.93. The second-order valence-electron chi connectivity index (χ2n) is 4.13. The molecule has 100 valence electrons. The van der Waals surface area contributed by atoms with Gasteiger partial charge in [-0.25, -0.2) is 4.39 Å². The number of amides is 1. The maximum absolute atomic E-state index is 13.1. The maximum Gasteiger partial charge on any atom is 0.251 e. The van der Waals surface area contributed by atoms with Crippen molar-refractivity contribution < 1.29 is 9.18 Å². The molecule has 18 heavy (non-hydrogen) atoms. The minimum Gasteiger partial charge on any atom is -0.399 e. The summed E-state index contributed by atoms with van der Waals surface area (Å²) in [5.41, 5.74) is 6.03. The average molecular weight is 270 g/mol. The number of nitrogens with two attached hydrogens (primary N) is 1. The lowest BCUT2D eigenvalue weighted by atomic mass is 10.1. The normalized spacial score (nSPS) is 12.2. The van der Waals surface area contributed by atoms with Crippen LogP contribution in [0.25, 0.3) is 0 Å².